The van der Waals surface area contributed by atoms with Gasteiger partial charge in [0.25, 0.3) is 0 Å². The smallest absolute Gasteiger partial charge is 0.244 e. The number of carbonyl (C=O) groups excluding carboxylic acids is 1. The minimum Gasteiger partial charge on any atom is -0.354 e. The molecule has 0 aliphatic carbocycles. The van der Waals surface area contributed by atoms with Crippen molar-refractivity contribution < 1.29 is 4.79 Å². The fourth-order valence-electron chi connectivity index (χ4n) is 2.54. The van der Waals surface area contributed by atoms with E-state index in [-0.39, 0.29) is 5.91 Å². The van der Waals surface area contributed by atoms with Gasteiger partial charge in [-0.1, -0.05) is 67.6 Å². The molecule has 0 fully saturated rings. The fraction of sp³-hybridized carbons (Fsp3) is 0.316. The number of nitrogens with two attached hydrogens (primary N) is 1. The molecule has 0 spiro atoms. The highest BCUT2D eigenvalue weighted by molar-refractivity contribution is 5.87. The van der Waals surface area contributed by atoms with Crippen molar-refractivity contribution in [2.24, 2.45) is 5.73 Å². The van der Waals surface area contributed by atoms with Gasteiger partial charge in [0.2, 0.25) is 5.91 Å². The monoisotopic (exact) mass is 296 g/mol. The zero-order chi connectivity index (χ0) is 16.0. The summed E-state index contributed by atoms with van der Waals surface area (Å²) in [5, 5.41) is 3.01. The number of nitrogens with one attached hydrogen (secondary N) is 1. The first-order chi connectivity index (χ1) is 10.6. The van der Waals surface area contributed by atoms with Crippen LogP contribution >= 0.6 is 0 Å². The van der Waals surface area contributed by atoms with Gasteiger partial charge in [0.05, 0.1) is 0 Å². The standard InChI is InChI=1S/C19H24N2O/c1-3-15(16-10-6-4-7-11-16)14-21-18(22)19(2,20)17-12-8-5-9-13-17/h4-13,15H,3,14,20H2,1-2H3,(H,21,22). The van der Waals surface area contributed by atoms with Gasteiger partial charge < -0.3 is 11.1 Å². The second-order valence-corrected chi connectivity index (χ2v) is 5.79. The number of benzene rings is 2. The van der Waals surface area contributed by atoms with Crippen LogP contribution in [0.2, 0.25) is 0 Å². The van der Waals surface area contributed by atoms with Crippen LogP contribution in [0.4, 0.5) is 0 Å². The molecule has 1 amide bonds. The minimum atomic E-state index is -1.02. The Hall–Kier alpha value is -2.13. The maximum atomic E-state index is 12.5. The van der Waals surface area contributed by atoms with Gasteiger partial charge in [-0.3, -0.25) is 4.79 Å². The predicted octanol–water partition coefficient (Wildman–Crippen LogP) is 3.17. The van der Waals surface area contributed by atoms with E-state index in [1.165, 1.54) is 5.56 Å². The number of rotatable bonds is 6. The summed E-state index contributed by atoms with van der Waals surface area (Å²) in [6.45, 7) is 4.47. The summed E-state index contributed by atoms with van der Waals surface area (Å²) >= 11 is 0. The molecule has 2 unspecified atom stereocenters. The van der Waals surface area contributed by atoms with Crippen LogP contribution in [0.3, 0.4) is 0 Å². The summed E-state index contributed by atoms with van der Waals surface area (Å²) in [4.78, 5) is 12.5. The number of hydrogen-bond donors (Lipinski definition) is 2. The lowest BCUT2D eigenvalue weighted by Gasteiger charge is -2.25. The molecule has 0 saturated carbocycles. The highest BCUT2D eigenvalue weighted by Crippen LogP contribution is 2.20. The molecule has 0 bridgehead atoms. The van der Waals surface area contributed by atoms with Gasteiger partial charge in [0, 0.05) is 12.5 Å². The SMILES string of the molecule is CCC(CNC(=O)C(C)(N)c1ccccc1)c1ccccc1. The van der Waals surface area contributed by atoms with E-state index in [1.807, 2.05) is 48.5 Å². The van der Waals surface area contributed by atoms with Crippen LogP contribution in [0.1, 0.15) is 37.3 Å². The summed E-state index contributed by atoms with van der Waals surface area (Å²) in [6.07, 6.45) is 0.969. The second kappa shape index (κ2) is 7.23. The highest BCUT2D eigenvalue weighted by atomic mass is 16.2. The number of hydrogen-bond acceptors (Lipinski definition) is 2. The van der Waals surface area contributed by atoms with E-state index in [1.54, 1.807) is 6.92 Å². The van der Waals surface area contributed by atoms with Crippen LogP contribution in [0.15, 0.2) is 60.7 Å². The molecule has 3 heteroatoms. The Labute approximate surface area is 132 Å². The lowest BCUT2D eigenvalue weighted by atomic mass is 9.91. The van der Waals surface area contributed by atoms with E-state index in [0.717, 1.165) is 12.0 Å². The molecule has 0 aliphatic rings. The van der Waals surface area contributed by atoms with Gasteiger partial charge in [-0.2, -0.15) is 0 Å². The van der Waals surface area contributed by atoms with Crippen molar-refractivity contribution in [1.82, 2.24) is 5.32 Å². The van der Waals surface area contributed by atoms with E-state index in [4.69, 9.17) is 5.73 Å². The minimum absolute atomic E-state index is 0.145. The second-order valence-electron chi connectivity index (χ2n) is 5.79. The Kier molecular flexibility index (Phi) is 5.34. The van der Waals surface area contributed by atoms with Crippen molar-refractivity contribution in [3.63, 3.8) is 0 Å². The molecule has 3 N–H and O–H groups in total. The first kappa shape index (κ1) is 16.2. The summed E-state index contributed by atoms with van der Waals surface area (Å²) in [5.41, 5.74) is 7.28. The molecule has 0 aromatic heterocycles. The van der Waals surface area contributed by atoms with Crippen molar-refractivity contribution in [3.8, 4) is 0 Å². The van der Waals surface area contributed by atoms with Crippen LogP contribution in [0, 0.1) is 0 Å². The predicted molar refractivity (Wildman–Crippen MR) is 90.5 cm³/mol. The third kappa shape index (κ3) is 3.74. The van der Waals surface area contributed by atoms with Crippen LogP contribution in [-0.4, -0.2) is 12.5 Å². The summed E-state index contributed by atoms with van der Waals surface area (Å²) in [5.74, 6) is 0.157. The Bertz CT molecular complexity index is 593. The van der Waals surface area contributed by atoms with Gasteiger partial charge in [-0.25, -0.2) is 0 Å². The molecule has 116 valence electrons. The summed E-state index contributed by atoms with van der Waals surface area (Å²) in [7, 11) is 0. The van der Waals surface area contributed by atoms with E-state index in [2.05, 4.69) is 24.4 Å². The molecule has 2 rings (SSSR count). The highest BCUT2D eigenvalue weighted by Gasteiger charge is 2.30. The molecule has 3 nitrogen and oxygen atoms in total. The van der Waals surface area contributed by atoms with Crippen molar-refractivity contribution in [2.75, 3.05) is 6.54 Å². The van der Waals surface area contributed by atoms with Crippen LogP contribution < -0.4 is 11.1 Å². The third-order valence-corrected chi connectivity index (χ3v) is 4.12. The summed E-state index contributed by atoms with van der Waals surface area (Å²) in [6, 6.07) is 19.7. The Morgan fingerprint density at radius 2 is 1.64 bits per heavy atom. The normalized spacial score (nSPS) is 14.9. The molecule has 2 aromatic rings. The summed E-state index contributed by atoms with van der Waals surface area (Å²) < 4.78 is 0. The lowest BCUT2D eigenvalue weighted by Crippen LogP contribution is -2.49. The van der Waals surface area contributed by atoms with E-state index in [0.29, 0.717) is 12.5 Å². The van der Waals surface area contributed by atoms with E-state index < -0.39 is 5.54 Å². The molecule has 0 heterocycles. The zero-order valence-corrected chi connectivity index (χ0v) is 13.3. The molecular weight excluding hydrogens is 272 g/mol. The van der Waals surface area contributed by atoms with Crippen molar-refractivity contribution in [1.29, 1.82) is 0 Å². The molecule has 2 aromatic carbocycles. The number of carbonyl (C=O) groups is 1. The quantitative estimate of drug-likeness (QED) is 0.860. The van der Waals surface area contributed by atoms with Gasteiger partial charge in [0.15, 0.2) is 0 Å². The van der Waals surface area contributed by atoms with Crippen molar-refractivity contribution in [3.05, 3.63) is 71.8 Å². The maximum absolute atomic E-state index is 12.5. The first-order valence-corrected chi connectivity index (χ1v) is 7.73. The van der Waals surface area contributed by atoms with Crippen molar-refractivity contribution >= 4 is 5.91 Å². The van der Waals surface area contributed by atoms with Crippen LogP contribution in [0.25, 0.3) is 0 Å². The zero-order valence-electron chi connectivity index (χ0n) is 13.3. The third-order valence-electron chi connectivity index (χ3n) is 4.12. The maximum Gasteiger partial charge on any atom is 0.244 e. The Balaban J connectivity index is 2.03. The molecular formula is C19H24N2O. The van der Waals surface area contributed by atoms with Gasteiger partial charge in [-0.05, 0) is 24.5 Å². The van der Waals surface area contributed by atoms with Crippen molar-refractivity contribution in [2.45, 2.75) is 31.7 Å². The van der Waals surface area contributed by atoms with E-state index in [9.17, 15) is 4.79 Å². The van der Waals surface area contributed by atoms with E-state index >= 15 is 0 Å². The average molecular weight is 296 g/mol. The Morgan fingerprint density at radius 1 is 1.09 bits per heavy atom. The molecule has 0 saturated heterocycles. The molecule has 2 atom stereocenters. The molecule has 22 heavy (non-hydrogen) atoms. The average Bonchev–Trinajstić information content (AvgIpc) is 2.57. The first-order valence-electron chi connectivity index (χ1n) is 7.73. The van der Waals surface area contributed by atoms with Gasteiger partial charge >= 0.3 is 0 Å². The molecule has 0 aliphatic heterocycles. The largest absolute Gasteiger partial charge is 0.354 e. The Morgan fingerprint density at radius 3 is 2.18 bits per heavy atom. The molecule has 0 radical (unpaired) electrons. The fourth-order valence-corrected chi connectivity index (χ4v) is 2.54. The van der Waals surface area contributed by atoms with Crippen LogP contribution in [-0.2, 0) is 10.3 Å². The van der Waals surface area contributed by atoms with Gasteiger partial charge in [-0.15, -0.1) is 0 Å². The lowest BCUT2D eigenvalue weighted by molar-refractivity contribution is -0.126. The number of amides is 1. The van der Waals surface area contributed by atoms with Gasteiger partial charge in [0.1, 0.15) is 5.54 Å². The van der Waals surface area contributed by atoms with Crippen LogP contribution in [0.5, 0.6) is 0 Å². The topological polar surface area (TPSA) is 55.1 Å².